The Kier molecular flexibility index (Phi) is 3.30. The Morgan fingerprint density at radius 2 is 2.06 bits per heavy atom. The summed E-state index contributed by atoms with van der Waals surface area (Å²) in [6.07, 6.45) is 4.45. The van der Waals surface area contributed by atoms with Crippen LogP contribution in [0.3, 0.4) is 0 Å². The van der Waals surface area contributed by atoms with Gasteiger partial charge in [0, 0.05) is 11.3 Å². The molecule has 1 aromatic heterocycles. The molecule has 1 aromatic rings. The second-order valence-corrected chi connectivity index (χ2v) is 6.30. The molecule has 0 bridgehead atoms. The van der Waals surface area contributed by atoms with Crippen LogP contribution in [0.1, 0.15) is 36.5 Å². The first-order valence-corrected chi connectivity index (χ1v) is 7.49. The quantitative estimate of drug-likeness (QED) is 0.873. The maximum absolute atomic E-state index is 12.1. The fraction of sp³-hybridized carbons (Fsp3) is 0.643. The summed E-state index contributed by atoms with van der Waals surface area (Å²) in [4.78, 5) is 13.4. The summed E-state index contributed by atoms with van der Waals surface area (Å²) in [5, 5.41) is 5.49. The van der Waals surface area contributed by atoms with Gasteiger partial charge in [-0.25, -0.2) is 0 Å². The summed E-state index contributed by atoms with van der Waals surface area (Å²) < 4.78 is 0. The third-order valence-electron chi connectivity index (χ3n) is 4.33. The predicted octanol–water partition coefficient (Wildman–Crippen LogP) is 2.81. The Bertz CT molecular complexity index is 381. The Morgan fingerprint density at radius 1 is 1.24 bits per heavy atom. The molecule has 0 aromatic carbocycles. The van der Waals surface area contributed by atoms with E-state index in [4.69, 9.17) is 0 Å². The van der Waals surface area contributed by atoms with Gasteiger partial charge in [-0.15, -0.1) is 11.3 Å². The van der Waals surface area contributed by atoms with Crippen LogP contribution in [0.2, 0.25) is 0 Å². The van der Waals surface area contributed by atoms with Crippen molar-refractivity contribution in [3.8, 4) is 0 Å². The van der Waals surface area contributed by atoms with Crippen LogP contribution < -0.4 is 5.32 Å². The fourth-order valence-electron chi connectivity index (χ4n) is 3.36. The van der Waals surface area contributed by atoms with Crippen molar-refractivity contribution < 1.29 is 4.79 Å². The van der Waals surface area contributed by atoms with Crippen molar-refractivity contribution >= 4 is 17.1 Å². The van der Waals surface area contributed by atoms with Crippen molar-refractivity contribution in [2.45, 2.75) is 31.6 Å². The minimum atomic E-state index is 0.217. The molecule has 1 saturated carbocycles. The van der Waals surface area contributed by atoms with Crippen LogP contribution >= 0.6 is 11.3 Å². The maximum Gasteiger partial charge on any atom is 0.141 e. The van der Waals surface area contributed by atoms with Gasteiger partial charge in [0.2, 0.25) is 0 Å². The van der Waals surface area contributed by atoms with Gasteiger partial charge in [-0.1, -0.05) is 6.07 Å². The van der Waals surface area contributed by atoms with Gasteiger partial charge in [0.05, 0.1) is 5.92 Å². The van der Waals surface area contributed by atoms with Crippen LogP contribution in [0, 0.1) is 11.8 Å². The lowest BCUT2D eigenvalue weighted by Gasteiger charge is -2.27. The number of piperidine rings is 1. The number of carbonyl (C=O) groups is 1. The van der Waals surface area contributed by atoms with Crippen LogP contribution in [0.5, 0.6) is 0 Å². The van der Waals surface area contributed by atoms with E-state index in [1.807, 2.05) is 0 Å². The standard InChI is InChI=1S/C14H19NOS/c16-13-9-11(10-3-5-15-6-4-10)8-12(13)14-2-1-7-17-14/h1-2,7,10-12,15H,3-6,8-9H2. The predicted molar refractivity (Wildman–Crippen MR) is 70.4 cm³/mol. The first kappa shape index (κ1) is 11.4. The Morgan fingerprint density at radius 3 is 2.76 bits per heavy atom. The Balaban J connectivity index is 1.68. The van der Waals surface area contributed by atoms with Crippen molar-refractivity contribution in [2.75, 3.05) is 13.1 Å². The molecule has 3 heteroatoms. The van der Waals surface area contributed by atoms with Gasteiger partial charge in [-0.3, -0.25) is 4.79 Å². The topological polar surface area (TPSA) is 29.1 Å². The largest absolute Gasteiger partial charge is 0.317 e. The van der Waals surface area contributed by atoms with Crippen molar-refractivity contribution in [1.29, 1.82) is 0 Å². The Labute approximate surface area is 106 Å². The first-order chi connectivity index (χ1) is 8.34. The lowest BCUT2D eigenvalue weighted by Crippen LogP contribution is -2.31. The zero-order valence-electron chi connectivity index (χ0n) is 10.0. The van der Waals surface area contributed by atoms with Gasteiger partial charge in [-0.2, -0.15) is 0 Å². The number of hydrogen-bond acceptors (Lipinski definition) is 3. The van der Waals surface area contributed by atoms with E-state index in [0.29, 0.717) is 11.7 Å². The summed E-state index contributed by atoms with van der Waals surface area (Å²) >= 11 is 1.74. The van der Waals surface area contributed by atoms with E-state index in [2.05, 4.69) is 22.8 Å². The molecule has 2 atom stereocenters. The number of carbonyl (C=O) groups excluding carboxylic acids is 1. The molecule has 0 amide bonds. The van der Waals surface area contributed by atoms with Gasteiger partial charge in [0.25, 0.3) is 0 Å². The average Bonchev–Trinajstić information content (AvgIpc) is 2.99. The smallest absolute Gasteiger partial charge is 0.141 e. The highest BCUT2D eigenvalue weighted by Gasteiger charge is 2.38. The number of thiophene rings is 1. The Hall–Kier alpha value is -0.670. The van der Waals surface area contributed by atoms with E-state index in [9.17, 15) is 4.79 Å². The summed E-state index contributed by atoms with van der Waals surface area (Å²) in [5.74, 6) is 2.13. The lowest BCUT2D eigenvalue weighted by molar-refractivity contribution is -0.118. The molecule has 2 nitrogen and oxygen atoms in total. The summed E-state index contributed by atoms with van der Waals surface area (Å²) in [6.45, 7) is 2.28. The number of Topliss-reactive ketones (excluding diaryl/α,β-unsaturated/α-hetero) is 1. The summed E-state index contributed by atoms with van der Waals surface area (Å²) in [6, 6.07) is 4.18. The monoisotopic (exact) mass is 249 g/mol. The fourth-order valence-corrected chi connectivity index (χ4v) is 4.22. The SMILES string of the molecule is O=C1CC(C2CCNCC2)CC1c1cccs1. The van der Waals surface area contributed by atoms with Crippen LogP contribution in [0.25, 0.3) is 0 Å². The molecule has 2 unspecified atom stereocenters. The van der Waals surface area contributed by atoms with Gasteiger partial charge in [0.1, 0.15) is 5.78 Å². The second-order valence-electron chi connectivity index (χ2n) is 5.32. The lowest BCUT2D eigenvalue weighted by atomic mass is 9.83. The summed E-state index contributed by atoms with van der Waals surface area (Å²) in [5.41, 5.74) is 0. The number of hydrogen-bond donors (Lipinski definition) is 1. The minimum absolute atomic E-state index is 0.217. The molecule has 0 spiro atoms. The van der Waals surface area contributed by atoms with Crippen LogP contribution in [0.4, 0.5) is 0 Å². The molecule has 92 valence electrons. The molecule has 1 aliphatic carbocycles. The van der Waals surface area contributed by atoms with Crippen LogP contribution in [-0.4, -0.2) is 18.9 Å². The van der Waals surface area contributed by atoms with Gasteiger partial charge < -0.3 is 5.32 Å². The molecular formula is C14H19NOS. The van der Waals surface area contributed by atoms with E-state index in [1.165, 1.54) is 17.7 Å². The van der Waals surface area contributed by atoms with Crippen molar-refractivity contribution in [3.05, 3.63) is 22.4 Å². The van der Waals surface area contributed by atoms with Crippen LogP contribution in [-0.2, 0) is 4.79 Å². The molecule has 2 aliphatic rings. The van der Waals surface area contributed by atoms with E-state index in [1.54, 1.807) is 11.3 Å². The molecule has 2 fully saturated rings. The van der Waals surface area contributed by atoms with E-state index >= 15 is 0 Å². The zero-order valence-corrected chi connectivity index (χ0v) is 10.8. The van der Waals surface area contributed by atoms with Crippen molar-refractivity contribution in [3.63, 3.8) is 0 Å². The molecule has 1 aliphatic heterocycles. The minimum Gasteiger partial charge on any atom is -0.317 e. The molecule has 1 N–H and O–H groups in total. The normalized spacial score (nSPS) is 30.9. The molecule has 2 heterocycles. The molecule has 3 rings (SSSR count). The molecular weight excluding hydrogens is 230 g/mol. The van der Waals surface area contributed by atoms with E-state index < -0.39 is 0 Å². The molecule has 0 radical (unpaired) electrons. The summed E-state index contributed by atoms with van der Waals surface area (Å²) in [7, 11) is 0. The number of rotatable bonds is 2. The van der Waals surface area contributed by atoms with Gasteiger partial charge in [-0.05, 0) is 55.6 Å². The highest BCUT2D eigenvalue weighted by atomic mass is 32.1. The maximum atomic E-state index is 12.1. The highest BCUT2D eigenvalue weighted by molar-refractivity contribution is 7.10. The van der Waals surface area contributed by atoms with Crippen LogP contribution in [0.15, 0.2) is 17.5 Å². The number of ketones is 1. The van der Waals surface area contributed by atoms with Gasteiger partial charge in [0.15, 0.2) is 0 Å². The highest BCUT2D eigenvalue weighted by Crippen LogP contribution is 2.42. The molecule has 17 heavy (non-hydrogen) atoms. The second kappa shape index (κ2) is 4.91. The van der Waals surface area contributed by atoms with E-state index in [0.717, 1.165) is 31.8 Å². The zero-order chi connectivity index (χ0) is 11.7. The van der Waals surface area contributed by atoms with Crippen molar-refractivity contribution in [2.24, 2.45) is 11.8 Å². The number of nitrogens with one attached hydrogen (secondary N) is 1. The average molecular weight is 249 g/mol. The third-order valence-corrected chi connectivity index (χ3v) is 5.31. The third kappa shape index (κ3) is 2.31. The first-order valence-electron chi connectivity index (χ1n) is 6.61. The van der Waals surface area contributed by atoms with Gasteiger partial charge >= 0.3 is 0 Å². The van der Waals surface area contributed by atoms with E-state index in [-0.39, 0.29) is 5.92 Å². The molecule has 1 saturated heterocycles. The van der Waals surface area contributed by atoms with Crippen molar-refractivity contribution in [1.82, 2.24) is 5.32 Å².